The topological polar surface area (TPSA) is 18.5 Å². The first-order chi connectivity index (χ1) is 10.2. The van der Waals surface area contributed by atoms with Crippen LogP contribution in [0.5, 0.6) is 5.75 Å². The summed E-state index contributed by atoms with van der Waals surface area (Å²) in [6.07, 6.45) is 5.96. The van der Waals surface area contributed by atoms with Crippen LogP contribution in [0.2, 0.25) is 0 Å². The molecule has 0 N–H and O–H groups in total. The lowest BCUT2D eigenvalue weighted by atomic mass is 9.74. The van der Waals surface area contributed by atoms with Gasteiger partial charge < -0.3 is 9.47 Å². The van der Waals surface area contributed by atoms with Crippen molar-refractivity contribution in [2.24, 2.45) is 0 Å². The van der Waals surface area contributed by atoms with Crippen LogP contribution in [0.15, 0.2) is 18.2 Å². The molecule has 0 amide bonds. The first-order valence-corrected chi connectivity index (χ1v) is 8.20. The van der Waals surface area contributed by atoms with E-state index >= 15 is 0 Å². The highest BCUT2D eigenvalue weighted by Crippen LogP contribution is 2.43. The second-order valence-corrected chi connectivity index (χ2v) is 6.30. The van der Waals surface area contributed by atoms with Crippen molar-refractivity contribution in [3.05, 3.63) is 29.3 Å². The third kappa shape index (κ3) is 3.36. The summed E-state index contributed by atoms with van der Waals surface area (Å²) in [7, 11) is 0. The average Bonchev–Trinajstić information content (AvgIpc) is 2.46. The van der Waals surface area contributed by atoms with Crippen LogP contribution < -0.4 is 4.74 Å². The predicted octanol–water partition coefficient (Wildman–Crippen LogP) is 4.07. The number of benzene rings is 1. The first-order valence-electron chi connectivity index (χ1n) is 7.67. The van der Waals surface area contributed by atoms with Gasteiger partial charge in [-0.1, -0.05) is 11.8 Å². The van der Waals surface area contributed by atoms with Crippen LogP contribution in [-0.4, -0.2) is 24.2 Å². The van der Waals surface area contributed by atoms with E-state index in [0.29, 0.717) is 5.88 Å². The minimum absolute atomic E-state index is 0.128. The standard InChI is InChI=1S/C18H21ClO2/c1-14-12-15(4-2-10-19)5-6-17(14)21-16-7-11-20-18(13-16)8-3-9-18/h5-6,12,16H,3,7-11,13H2,1H3. The van der Waals surface area contributed by atoms with Gasteiger partial charge in [-0.25, -0.2) is 0 Å². The summed E-state index contributed by atoms with van der Waals surface area (Å²) in [6, 6.07) is 6.09. The zero-order chi connectivity index (χ0) is 14.7. The molecule has 1 aromatic carbocycles. The number of halogens is 1. The van der Waals surface area contributed by atoms with Gasteiger partial charge >= 0.3 is 0 Å². The molecule has 2 aliphatic rings. The van der Waals surface area contributed by atoms with Gasteiger partial charge in [-0.15, -0.1) is 11.6 Å². The molecule has 1 aromatic rings. The number of aryl methyl sites for hydroxylation is 1. The molecule has 1 spiro atoms. The van der Waals surface area contributed by atoms with E-state index in [9.17, 15) is 0 Å². The summed E-state index contributed by atoms with van der Waals surface area (Å²) in [6.45, 7) is 2.89. The maximum atomic E-state index is 6.22. The van der Waals surface area contributed by atoms with Crippen LogP contribution in [0.25, 0.3) is 0 Å². The Bertz CT molecular complexity index is 566. The van der Waals surface area contributed by atoms with Crippen LogP contribution in [0.1, 0.15) is 43.2 Å². The van der Waals surface area contributed by atoms with Gasteiger partial charge in [-0.05, 0) is 49.9 Å². The predicted molar refractivity (Wildman–Crippen MR) is 85.0 cm³/mol. The van der Waals surface area contributed by atoms with E-state index in [2.05, 4.69) is 24.8 Å². The highest BCUT2D eigenvalue weighted by atomic mass is 35.5. The molecule has 1 aliphatic heterocycles. The van der Waals surface area contributed by atoms with Crippen LogP contribution in [0.3, 0.4) is 0 Å². The number of alkyl halides is 1. The van der Waals surface area contributed by atoms with Crippen molar-refractivity contribution in [1.82, 2.24) is 0 Å². The molecule has 1 heterocycles. The lowest BCUT2D eigenvalue weighted by Gasteiger charge is -2.47. The molecule has 1 saturated carbocycles. The molecule has 0 aromatic heterocycles. The normalized spacial score (nSPS) is 23.0. The van der Waals surface area contributed by atoms with Gasteiger partial charge in [0.15, 0.2) is 0 Å². The molecule has 1 atom stereocenters. The van der Waals surface area contributed by atoms with Gasteiger partial charge in [0.1, 0.15) is 11.9 Å². The van der Waals surface area contributed by atoms with Crippen LogP contribution in [0.4, 0.5) is 0 Å². The lowest BCUT2D eigenvalue weighted by molar-refractivity contribution is -0.153. The van der Waals surface area contributed by atoms with E-state index in [-0.39, 0.29) is 11.7 Å². The Morgan fingerprint density at radius 3 is 2.95 bits per heavy atom. The summed E-state index contributed by atoms with van der Waals surface area (Å²) in [5, 5.41) is 0. The number of ether oxygens (including phenoxy) is 2. The molecule has 1 saturated heterocycles. The summed E-state index contributed by atoms with van der Waals surface area (Å²) in [5.74, 6) is 7.24. The van der Waals surface area contributed by atoms with Crippen LogP contribution >= 0.6 is 11.6 Å². The molecule has 2 fully saturated rings. The van der Waals surface area contributed by atoms with E-state index < -0.39 is 0 Å². The quantitative estimate of drug-likeness (QED) is 0.606. The van der Waals surface area contributed by atoms with Gasteiger partial charge in [0, 0.05) is 18.4 Å². The number of hydrogen-bond acceptors (Lipinski definition) is 2. The molecule has 0 bridgehead atoms. The smallest absolute Gasteiger partial charge is 0.122 e. The maximum absolute atomic E-state index is 6.22. The monoisotopic (exact) mass is 304 g/mol. The first kappa shape index (κ1) is 14.8. The fourth-order valence-corrected chi connectivity index (χ4v) is 3.24. The Hall–Kier alpha value is -1.17. The molecule has 112 valence electrons. The summed E-state index contributed by atoms with van der Waals surface area (Å²) >= 11 is 5.59. The van der Waals surface area contributed by atoms with Crippen molar-refractivity contribution in [3.8, 4) is 17.6 Å². The van der Waals surface area contributed by atoms with Gasteiger partial charge in [0.25, 0.3) is 0 Å². The molecule has 3 heteroatoms. The largest absolute Gasteiger partial charge is 0.490 e. The summed E-state index contributed by atoms with van der Waals surface area (Å²) in [4.78, 5) is 0. The molecule has 21 heavy (non-hydrogen) atoms. The van der Waals surface area contributed by atoms with E-state index in [1.807, 2.05) is 12.1 Å². The minimum Gasteiger partial charge on any atom is -0.490 e. The lowest BCUT2D eigenvalue weighted by Crippen LogP contribution is -2.48. The highest BCUT2D eigenvalue weighted by Gasteiger charge is 2.43. The van der Waals surface area contributed by atoms with Crippen molar-refractivity contribution >= 4 is 11.6 Å². The Balaban J connectivity index is 1.67. The zero-order valence-electron chi connectivity index (χ0n) is 12.5. The second kappa shape index (κ2) is 6.30. The third-order valence-corrected chi connectivity index (χ3v) is 4.61. The van der Waals surface area contributed by atoms with Gasteiger partial charge in [0.05, 0.1) is 18.1 Å². The van der Waals surface area contributed by atoms with Crippen molar-refractivity contribution in [3.63, 3.8) is 0 Å². The molecule has 3 rings (SSSR count). The maximum Gasteiger partial charge on any atom is 0.122 e. The van der Waals surface area contributed by atoms with Crippen LogP contribution in [0, 0.1) is 18.8 Å². The molecule has 2 nitrogen and oxygen atoms in total. The summed E-state index contributed by atoms with van der Waals surface area (Å²) < 4.78 is 12.2. The molecular formula is C18H21ClO2. The zero-order valence-corrected chi connectivity index (χ0v) is 13.2. The van der Waals surface area contributed by atoms with Crippen molar-refractivity contribution in [2.45, 2.75) is 50.7 Å². The average molecular weight is 305 g/mol. The SMILES string of the molecule is Cc1cc(C#CCCl)ccc1OC1CCOC2(CCC2)C1. The van der Waals surface area contributed by atoms with E-state index in [0.717, 1.165) is 36.3 Å². The van der Waals surface area contributed by atoms with E-state index in [4.69, 9.17) is 21.1 Å². The van der Waals surface area contributed by atoms with Gasteiger partial charge in [-0.3, -0.25) is 0 Å². The van der Waals surface area contributed by atoms with Gasteiger partial charge in [-0.2, -0.15) is 0 Å². The van der Waals surface area contributed by atoms with E-state index in [1.54, 1.807) is 0 Å². The number of hydrogen-bond donors (Lipinski definition) is 0. The molecule has 0 radical (unpaired) electrons. The Morgan fingerprint density at radius 1 is 1.43 bits per heavy atom. The number of rotatable bonds is 2. The second-order valence-electron chi connectivity index (χ2n) is 6.03. The Kier molecular flexibility index (Phi) is 4.42. The highest BCUT2D eigenvalue weighted by molar-refractivity contribution is 6.19. The molecule has 1 unspecified atom stereocenters. The van der Waals surface area contributed by atoms with Crippen molar-refractivity contribution in [1.29, 1.82) is 0 Å². The minimum atomic E-state index is 0.128. The Morgan fingerprint density at radius 2 is 2.29 bits per heavy atom. The third-order valence-electron chi connectivity index (χ3n) is 4.48. The van der Waals surface area contributed by atoms with Crippen molar-refractivity contribution < 1.29 is 9.47 Å². The summed E-state index contributed by atoms with van der Waals surface area (Å²) in [5.41, 5.74) is 2.25. The molecule has 1 aliphatic carbocycles. The van der Waals surface area contributed by atoms with Crippen molar-refractivity contribution in [2.75, 3.05) is 12.5 Å². The van der Waals surface area contributed by atoms with Gasteiger partial charge in [0.2, 0.25) is 0 Å². The fraction of sp³-hybridized carbons (Fsp3) is 0.556. The molecular weight excluding hydrogens is 284 g/mol. The van der Waals surface area contributed by atoms with E-state index in [1.165, 1.54) is 19.3 Å². The fourth-order valence-electron chi connectivity index (χ4n) is 3.18. The Labute approximate surface area is 131 Å². The van der Waals surface area contributed by atoms with Crippen LogP contribution in [-0.2, 0) is 4.74 Å².